The minimum atomic E-state index is -0.322. The molecule has 0 aliphatic rings. The first-order valence-electron chi connectivity index (χ1n) is 6.46. The molecule has 0 aliphatic carbocycles. The first kappa shape index (κ1) is 16.0. The van der Waals surface area contributed by atoms with Crippen molar-refractivity contribution in [3.05, 3.63) is 47.0 Å². The van der Waals surface area contributed by atoms with Crippen LogP contribution in [0.5, 0.6) is 17.2 Å². The van der Waals surface area contributed by atoms with E-state index in [2.05, 4.69) is 5.32 Å². The zero-order chi connectivity index (χ0) is 16.1. The summed E-state index contributed by atoms with van der Waals surface area (Å²) in [4.78, 5) is 12.4. The summed E-state index contributed by atoms with van der Waals surface area (Å²) in [6.45, 7) is 0. The molecule has 0 unspecified atom stereocenters. The molecule has 0 aromatic heterocycles. The Morgan fingerprint density at radius 3 is 2.23 bits per heavy atom. The fourth-order valence-corrected chi connectivity index (χ4v) is 2.19. The molecule has 1 amide bonds. The van der Waals surface area contributed by atoms with Gasteiger partial charge in [0, 0.05) is 5.69 Å². The van der Waals surface area contributed by atoms with E-state index in [0.29, 0.717) is 33.5 Å². The molecule has 0 aliphatic heterocycles. The van der Waals surface area contributed by atoms with E-state index in [-0.39, 0.29) is 5.91 Å². The predicted molar refractivity (Wildman–Crippen MR) is 85.5 cm³/mol. The number of rotatable bonds is 5. The second kappa shape index (κ2) is 7.04. The van der Waals surface area contributed by atoms with Gasteiger partial charge in [-0.05, 0) is 36.4 Å². The van der Waals surface area contributed by atoms with Gasteiger partial charge >= 0.3 is 0 Å². The van der Waals surface area contributed by atoms with E-state index in [9.17, 15) is 4.79 Å². The van der Waals surface area contributed by atoms with Crippen LogP contribution >= 0.6 is 11.6 Å². The molecule has 0 atom stereocenters. The summed E-state index contributed by atoms with van der Waals surface area (Å²) in [7, 11) is 4.57. The number of methoxy groups -OCH3 is 3. The second-order valence-electron chi connectivity index (χ2n) is 4.37. The van der Waals surface area contributed by atoms with Crippen LogP contribution in [0.25, 0.3) is 0 Å². The highest BCUT2D eigenvalue weighted by Crippen LogP contribution is 2.29. The number of ether oxygens (including phenoxy) is 3. The van der Waals surface area contributed by atoms with Crippen LogP contribution in [-0.2, 0) is 0 Å². The molecule has 0 bridgehead atoms. The van der Waals surface area contributed by atoms with Crippen LogP contribution < -0.4 is 19.5 Å². The zero-order valence-corrected chi connectivity index (χ0v) is 13.2. The van der Waals surface area contributed by atoms with E-state index in [1.807, 2.05) is 0 Å². The van der Waals surface area contributed by atoms with Crippen LogP contribution in [0.2, 0.25) is 5.02 Å². The average Bonchev–Trinajstić information content (AvgIpc) is 2.54. The highest BCUT2D eigenvalue weighted by Gasteiger charge is 2.14. The average molecular weight is 322 g/mol. The topological polar surface area (TPSA) is 56.8 Å². The molecule has 6 heteroatoms. The minimum Gasteiger partial charge on any atom is -0.497 e. The molecule has 0 fully saturated rings. The van der Waals surface area contributed by atoms with Gasteiger partial charge < -0.3 is 19.5 Å². The number of nitrogens with one attached hydrogen (secondary N) is 1. The van der Waals surface area contributed by atoms with E-state index < -0.39 is 0 Å². The summed E-state index contributed by atoms with van der Waals surface area (Å²) in [5.74, 6) is 1.24. The number of amides is 1. The molecule has 5 nitrogen and oxygen atoms in total. The van der Waals surface area contributed by atoms with Crippen LogP contribution in [0.3, 0.4) is 0 Å². The maximum absolute atomic E-state index is 12.4. The van der Waals surface area contributed by atoms with E-state index in [1.165, 1.54) is 21.3 Å². The van der Waals surface area contributed by atoms with Crippen molar-refractivity contribution in [3.63, 3.8) is 0 Å². The van der Waals surface area contributed by atoms with Gasteiger partial charge in [0.05, 0.1) is 31.9 Å². The highest BCUT2D eigenvalue weighted by molar-refractivity contribution is 6.32. The van der Waals surface area contributed by atoms with Crippen LogP contribution in [0.15, 0.2) is 36.4 Å². The number of hydrogen-bond donors (Lipinski definition) is 1. The summed E-state index contributed by atoms with van der Waals surface area (Å²) < 4.78 is 15.4. The molecule has 1 N–H and O–H groups in total. The minimum absolute atomic E-state index is 0.322. The van der Waals surface area contributed by atoms with Gasteiger partial charge in [0.25, 0.3) is 5.91 Å². The fraction of sp³-hybridized carbons (Fsp3) is 0.188. The Morgan fingerprint density at radius 2 is 1.64 bits per heavy atom. The molecule has 0 heterocycles. The SMILES string of the molecule is COc1ccc(OC)c(C(=O)Nc2ccc(OC)c(Cl)c2)c1. The van der Waals surface area contributed by atoms with Crippen molar-refractivity contribution in [2.45, 2.75) is 0 Å². The number of hydrogen-bond acceptors (Lipinski definition) is 4. The van der Waals surface area contributed by atoms with E-state index in [4.69, 9.17) is 25.8 Å². The first-order valence-corrected chi connectivity index (χ1v) is 6.83. The fourth-order valence-electron chi connectivity index (χ4n) is 1.93. The lowest BCUT2D eigenvalue weighted by Crippen LogP contribution is -2.13. The molecule has 22 heavy (non-hydrogen) atoms. The third-order valence-corrected chi connectivity index (χ3v) is 3.36. The third kappa shape index (κ3) is 3.43. The molecular weight excluding hydrogens is 306 g/mol. The lowest BCUT2D eigenvalue weighted by atomic mass is 10.1. The lowest BCUT2D eigenvalue weighted by molar-refractivity contribution is 0.102. The van der Waals surface area contributed by atoms with Crippen LogP contribution in [-0.4, -0.2) is 27.2 Å². The van der Waals surface area contributed by atoms with E-state index in [1.54, 1.807) is 36.4 Å². The van der Waals surface area contributed by atoms with Crippen LogP contribution in [0.4, 0.5) is 5.69 Å². The smallest absolute Gasteiger partial charge is 0.259 e. The standard InChI is InChI=1S/C16H16ClNO4/c1-20-11-5-7-14(21-2)12(9-11)16(19)18-10-4-6-15(22-3)13(17)8-10/h4-9H,1-3H3,(H,18,19). The van der Waals surface area contributed by atoms with E-state index in [0.717, 1.165) is 0 Å². The van der Waals surface area contributed by atoms with Gasteiger partial charge in [0.15, 0.2) is 0 Å². The van der Waals surface area contributed by atoms with Crippen molar-refractivity contribution >= 4 is 23.2 Å². The van der Waals surface area contributed by atoms with Crippen molar-refractivity contribution in [3.8, 4) is 17.2 Å². The lowest BCUT2D eigenvalue weighted by Gasteiger charge is -2.11. The molecule has 0 spiro atoms. The number of halogens is 1. The molecule has 0 saturated carbocycles. The van der Waals surface area contributed by atoms with Gasteiger partial charge in [-0.25, -0.2) is 0 Å². The summed E-state index contributed by atoms with van der Waals surface area (Å²) >= 11 is 6.04. The Morgan fingerprint density at radius 1 is 0.955 bits per heavy atom. The number of anilines is 1. The van der Waals surface area contributed by atoms with Crippen molar-refractivity contribution in [2.75, 3.05) is 26.6 Å². The van der Waals surface area contributed by atoms with Crippen molar-refractivity contribution < 1.29 is 19.0 Å². The number of carbonyl (C=O) groups excluding carboxylic acids is 1. The maximum Gasteiger partial charge on any atom is 0.259 e. The third-order valence-electron chi connectivity index (χ3n) is 3.06. The summed E-state index contributed by atoms with van der Waals surface area (Å²) in [6, 6.07) is 10.0. The van der Waals surface area contributed by atoms with Crippen LogP contribution in [0, 0.1) is 0 Å². The molecule has 0 radical (unpaired) electrons. The highest BCUT2D eigenvalue weighted by atomic mass is 35.5. The molecular formula is C16H16ClNO4. The van der Waals surface area contributed by atoms with Gasteiger partial charge in [-0.15, -0.1) is 0 Å². The Hall–Kier alpha value is -2.40. The Kier molecular flexibility index (Phi) is 5.12. The molecule has 2 aromatic rings. The molecule has 2 rings (SSSR count). The maximum atomic E-state index is 12.4. The molecule has 116 valence electrons. The normalized spacial score (nSPS) is 10.0. The zero-order valence-electron chi connectivity index (χ0n) is 12.5. The monoisotopic (exact) mass is 321 g/mol. The van der Waals surface area contributed by atoms with Gasteiger partial charge in [-0.1, -0.05) is 11.6 Å². The Bertz CT molecular complexity index is 688. The van der Waals surface area contributed by atoms with Crippen molar-refractivity contribution in [2.24, 2.45) is 0 Å². The van der Waals surface area contributed by atoms with Gasteiger partial charge in [0.2, 0.25) is 0 Å². The van der Waals surface area contributed by atoms with Crippen molar-refractivity contribution in [1.82, 2.24) is 0 Å². The Labute approximate surface area is 133 Å². The molecule has 2 aromatic carbocycles. The van der Waals surface area contributed by atoms with Crippen LogP contribution in [0.1, 0.15) is 10.4 Å². The summed E-state index contributed by atoms with van der Waals surface area (Å²) in [5.41, 5.74) is 0.925. The second-order valence-corrected chi connectivity index (χ2v) is 4.78. The summed E-state index contributed by atoms with van der Waals surface area (Å²) in [6.07, 6.45) is 0. The molecule has 0 saturated heterocycles. The van der Waals surface area contributed by atoms with Crippen molar-refractivity contribution in [1.29, 1.82) is 0 Å². The first-order chi connectivity index (χ1) is 10.6. The predicted octanol–water partition coefficient (Wildman–Crippen LogP) is 3.62. The largest absolute Gasteiger partial charge is 0.497 e. The van der Waals surface area contributed by atoms with Gasteiger partial charge in [-0.2, -0.15) is 0 Å². The number of carbonyl (C=O) groups is 1. The van der Waals surface area contributed by atoms with E-state index >= 15 is 0 Å². The Balaban J connectivity index is 2.27. The van der Waals surface area contributed by atoms with Gasteiger partial charge in [-0.3, -0.25) is 4.79 Å². The summed E-state index contributed by atoms with van der Waals surface area (Å²) in [5, 5.41) is 3.18. The quantitative estimate of drug-likeness (QED) is 0.914. The number of benzene rings is 2. The van der Waals surface area contributed by atoms with Gasteiger partial charge in [0.1, 0.15) is 17.2 Å².